The lowest BCUT2D eigenvalue weighted by Gasteiger charge is -2.31. The van der Waals surface area contributed by atoms with Gasteiger partial charge in [0, 0.05) is 12.8 Å². The van der Waals surface area contributed by atoms with Crippen molar-refractivity contribution in [3.63, 3.8) is 0 Å². The van der Waals surface area contributed by atoms with E-state index in [-0.39, 0.29) is 86.9 Å². The number of rotatable bonds is 18. The van der Waals surface area contributed by atoms with Crippen LogP contribution in [0.25, 0.3) is 0 Å². The minimum atomic E-state index is -1.27. The van der Waals surface area contributed by atoms with Crippen LogP contribution in [0.15, 0.2) is 60.7 Å². The molecule has 3 rings (SSSR count). The molecule has 1 saturated heterocycles. The van der Waals surface area contributed by atoms with E-state index in [1.807, 2.05) is 95.2 Å². The zero-order valence-electron chi connectivity index (χ0n) is 52.9. The lowest BCUT2D eigenvalue weighted by molar-refractivity contribution is -0.137. The highest BCUT2D eigenvalue weighted by atomic mass is 16.2. The molecule has 20 nitrogen and oxygen atoms in total. The molecule has 468 valence electrons. The fourth-order valence-corrected chi connectivity index (χ4v) is 10.1. The highest BCUT2D eigenvalue weighted by molar-refractivity contribution is 5.99. The third-order valence-corrected chi connectivity index (χ3v) is 14.4. The van der Waals surface area contributed by atoms with E-state index in [0.29, 0.717) is 11.1 Å². The Kier molecular flexibility index (Phi) is 29.6. The van der Waals surface area contributed by atoms with Crippen LogP contribution >= 0.6 is 0 Å². The lowest BCUT2D eigenvalue weighted by atomic mass is 9.96. The van der Waals surface area contributed by atoms with Gasteiger partial charge in [0.2, 0.25) is 59.1 Å². The smallest absolute Gasteiger partial charge is 0.243 e. The Bertz CT molecular complexity index is 2310. The molecule has 20 heteroatoms. The largest absolute Gasteiger partial charge is 0.343 e. The molecule has 10 N–H and O–H groups in total. The van der Waals surface area contributed by atoms with E-state index in [0.717, 1.165) is 0 Å². The number of carbonyl (C=O) groups excluding carboxylic acids is 10. The lowest BCUT2D eigenvalue weighted by Crippen LogP contribution is -2.62. The second-order valence-electron chi connectivity index (χ2n) is 26.1. The quantitative estimate of drug-likeness (QED) is 0.0961. The summed E-state index contributed by atoms with van der Waals surface area (Å²) in [6.07, 6.45) is 0.827. The van der Waals surface area contributed by atoms with Crippen LogP contribution in [0.3, 0.4) is 0 Å². The summed E-state index contributed by atoms with van der Waals surface area (Å²) < 4.78 is 0. The Morgan fingerprint density at radius 3 is 0.631 bits per heavy atom. The van der Waals surface area contributed by atoms with E-state index in [9.17, 15) is 47.9 Å². The highest BCUT2D eigenvalue weighted by Gasteiger charge is 2.39. The van der Waals surface area contributed by atoms with Crippen molar-refractivity contribution < 1.29 is 47.9 Å². The number of nitrogens with one attached hydrogen (secondary N) is 10. The SMILES string of the molecule is CC(C)C[C@@H]1NC(=O)[C@@H](Cc2ccccc2)NC(=O)[C@@H](CC(C)C)NC(=O)[C@@H](C(C)C)NC(=O)[C@@H](CC(C)C)NC(=O)[C@H](CC(C)C)NC(=O)[C@@H](Cc2ccccc2)NC(=O)[C@@H](CC(C)C)NC(=O)[C@@H](C(C)C)NC(=O)[C@@H](CC(C)C)NC1=O. The molecular weight excluding hydrogens is 1070 g/mol. The third-order valence-electron chi connectivity index (χ3n) is 14.4. The molecule has 0 saturated carbocycles. The molecule has 0 aromatic heterocycles. The van der Waals surface area contributed by atoms with Crippen LogP contribution in [0.4, 0.5) is 0 Å². The minimum absolute atomic E-state index is 0.00287. The fraction of sp³-hybridized carbons (Fsp3) is 0.656. The molecule has 0 unspecified atom stereocenters. The van der Waals surface area contributed by atoms with Crippen molar-refractivity contribution in [1.29, 1.82) is 0 Å². The van der Waals surface area contributed by atoms with Crippen molar-refractivity contribution in [1.82, 2.24) is 53.2 Å². The molecule has 1 heterocycles. The van der Waals surface area contributed by atoms with E-state index < -0.39 is 131 Å². The summed E-state index contributed by atoms with van der Waals surface area (Å²) in [6, 6.07) is 5.81. The number of carbonyl (C=O) groups is 10. The summed E-state index contributed by atoms with van der Waals surface area (Å²) in [5.74, 6) is -8.73. The van der Waals surface area contributed by atoms with Gasteiger partial charge in [-0.1, -0.05) is 171 Å². The molecule has 0 radical (unpaired) electrons. The Labute approximate surface area is 500 Å². The summed E-state index contributed by atoms with van der Waals surface area (Å²) in [5, 5.41) is 28.6. The van der Waals surface area contributed by atoms with Gasteiger partial charge in [-0.2, -0.15) is 0 Å². The first kappa shape index (κ1) is 71.4. The molecule has 0 spiro atoms. The van der Waals surface area contributed by atoms with Gasteiger partial charge in [-0.05, 0) is 97.0 Å². The molecular formula is C64H102N10O10. The Morgan fingerprint density at radius 1 is 0.250 bits per heavy atom. The molecule has 1 fully saturated rings. The zero-order valence-corrected chi connectivity index (χ0v) is 52.9. The molecule has 2 aromatic rings. The van der Waals surface area contributed by atoms with Gasteiger partial charge in [-0.25, -0.2) is 0 Å². The van der Waals surface area contributed by atoms with Gasteiger partial charge < -0.3 is 53.2 Å². The average molecular weight is 1170 g/mol. The molecule has 0 aliphatic carbocycles. The van der Waals surface area contributed by atoms with Gasteiger partial charge in [0.15, 0.2) is 0 Å². The van der Waals surface area contributed by atoms with E-state index in [2.05, 4.69) is 53.2 Å². The average Bonchev–Trinajstić information content (AvgIpc) is 3.36. The van der Waals surface area contributed by atoms with Crippen molar-refractivity contribution in [2.24, 2.45) is 47.3 Å². The molecule has 2 aromatic carbocycles. The number of hydrogen-bond acceptors (Lipinski definition) is 10. The maximum atomic E-state index is 14.7. The third kappa shape index (κ3) is 24.8. The van der Waals surface area contributed by atoms with Crippen LogP contribution < -0.4 is 53.2 Å². The zero-order chi connectivity index (χ0) is 63.1. The normalized spacial score (nSPS) is 25.0. The van der Waals surface area contributed by atoms with Crippen LogP contribution in [0.5, 0.6) is 0 Å². The maximum absolute atomic E-state index is 14.7. The molecule has 84 heavy (non-hydrogen) atoms. The standard InChI is InChI=1S/C64H102N10O10/c1-35(2)27-45-55(75)67-49(31-39(9)10)61(81)73-53(41(13)14)63(83)72-48(30-38(7)8)58(78)70-52(34-44-25-21-18-22-26-44)60(80)66-46(28-36(3)4)56(76)68-50(32-40(11)12)62(82)74-54(42(15)16)64(84)71-47(29-37(5)6)57(77)69-51(59(79)65-45)33-43-23-19-17-20-24-43/h17-26,35-42,45-54H,27-34H2,1-16H3,(H,65,79)(H,66,80)(H,67,75)(H,68,76)(H,69,77)(H,70,78)(H,71,84)(H,72,83)(H,73,81)(H,74,82)/t45-,46-,47+,48+,49+,50+,51+,52+,53+,54+/m0/s1. The fourth-order valence-electron chi connectivity index (χ4n) is 10.1. The van der Waals surface area contributed by atoms with Crippen molar-refractivity contribution in [2.45, 2.75) is 223 Å². The first-order valence-corrected chi connectivity index (χ1v) is 30.5. The van der Waals surface area contributed by atoms with Gasteiger partial charge in [0.05, 0.1) is 0 Å². The van der Waals surface area contributed by atoms with Crippen molar-refractivity contribution >= 4 is 59.1 Å². The summed E-state index contributed by atoms with van der Waals surface area (Å²) in [4.78, 5) is 146. The van der Waals surface area contributed by atoms with Gasteiger partial charge >= 0.3 is 0 Å². The first-order valence-electron chi connectivity index (χ1n) is 30.5. The molecule has 1 aliphatic heterocycles. The molecule has 10 amide bonds. The summed E-state index contributed by atoms with van der Waals surface area (Å²) in [7, 11) is 0. The number of benzene rings is 2. The molecule has 10 atom stereocenters. The summed E-state index contributed by atoms with van der Waals surface area (Å²) >= 11 is 0. The summed E-state index contributed by atoms with van der Waals surface area (Å²) in [6.45, 7) is 29.4. The highest BCUT2D eigenvalue weighted by Crippen LogP contribution is 2.17. The van der Waals surface area contributed by atoms with E-state index in [1.54, 1.807) is 76.2 Å². The Hall–Kier alpha value is -6.86. The maximum Gasteiger partial charge on any atom is 0.243 e. The second-order valence-corrected chi connectivity index (χ2v) is 26.1. The van der Waals surface area contributed by atoms with Gasteiger partial charge in [-0.3, -0.25) is 47.9 Å². The Balaban J connectivity index is 2.29. The second kappa shape index (κ2) is 34.8. The van der Waals surface area contributed by atoms with Crippen LogP contribution in [-0.2, 0) is 60.8 Å². The van der Waals surface area contributed by atoms with E-state index in [1.165, 1.54) is 0 Å². The van der Waals surface area contributed by atoms with Crippen molar-refractivity contribution in [3.8, 4) is 0 Å². The topological polar surface area (TPSA) is 291 Å². The van der Waals surface area contributed by atoms with Crippen LogP contribution in [0.2, 0.25) is 0 Å². The Morgan fingerprint density at radius 2 is 0.429 bits per heavy atom. The summed E-state index contributed by atoms with van der Waals surface area (Å²) in [5.41, 5.74) is 1.38. The first-order chi connectivity index (χ1) is 39.3. The van der Waals surface area contributed by atoms with Gasteiger partial charge in [0.1, 0.15) is 60.4 Å². The van der Waals surface area contributed by atoms with Crippen LogP contribution in [0, 0.1) is 47.3 Å². The molecule has 1 aliphatic rings. The van der Waals surface area contributed by atoms with Crippen LogP contribution in [0.1, 0.15) is 160 Å². The molecule has 0 bridgehead atoms. The van der Waals surface area contributed by atoms with Crippen LogP contribution in [-0.4, -0.2) is 119 Å². The van der Waals surface area contributed by atoms with Crippen molar-refractivity contribution in [3.05, 3.63) is 71.8 Å². The predicted molar refractivity (Wildman–Crippen MR) is 326 cm³/mol. The number of hydrogen-bond donors (Lipinski definition) is 10. The van der Waals surface area contributed by atoms with Gasteiger partial charge in [-0.15, -0.1) is 0 Å². The van der Waals surface area contributed by atoms with Gasteiger partial charge in [0.25, 0.3) is 0 Å². The van der Waals surface area contributed by atoms with E-state index >= 15 is 0 Å². The van der Waals surface area contributed by atoms with E-state index in [4.69, 9.17) is 0 Å². The van der Waals surface area contributed by atoms with Crippen molar-refractivity contribution in [2.75, 3.05) is 0 Å². The predicted octanol–water partition coefficient (Wildman–Crippen LogP) is 4.92. The monoisotopic (exact) mass is 1170 g/mol. The number of amides is 10. The minimum Gasteiger partial charge on any atom is -0.343 e.